The predicted octanol–water partition coefficient (Wildman–Crippen LogP) is 3.97. The van der Waals surface area contributed by atoms with Gasteiger partial charge in [0.05, 0.1) is 0 Å². The largest absolute Gasteiger partial charge is 0.327 e. The molecule has 0 aliphatic heterocycles. The molecule has 1 atom stereocenters. The summed E-state index contributed by atoms with van der Waals surface area (Å²) in [6, 6.07) is 0.165. The lowest BCUT2D eigenvalue weighted by atomic mass is 9.72. The molecule has 0 aromatic carbocycles. The third-order valence-electron chi connectivity index (χ3n) is 4.91. The minimum Gasteiger partial charge on any atom is -0.327 e. The third-order valence-corrected chi connectivity index (χ3v) is 4.91. The van der Waals surface area contributed by atoms with Gasteiger partial charge in [-0.2, -0.15) is 0 Å². The Bertz CT molecular complexity index is 237. The first kappa shape index (κ1) is 13.3. The van der Waals surface area contributed by atoms with Crippen molar-refractivity contribution in [2.45, 2.75) is 70.3 Å². The lowest BCUT2D eigenvalue weighted by Crippen LogP contribution is -2.42. The van der Waals surface area contributed by atoms with Crippen molar-refractivity contribution in [1.29, 1.82) is 0 Å². The van der Waals surface area contributed by atoms with Crippen molar-refractivity contribution in [3.8, 4) is 0 Å². The van der Waals surface area contributed by atoms with Crippen LogP contribution in [0.4, 0.5) is 8.78 Å². The van der Waals surface area contributed by atoms with E-state index in [2.05, 4.69) is 6.92 Å². The maximum absolute atomic E-state index is 13.1. The van der Waals surface area contributed by atoms with Crippen molar-refractivity contribution in [2.75, 3.05) is 0 Å². The van der Waals surface area contributed by atoms with Crippen molar-refractivity contribution < 1.29 is 8.78 Å². The second-order valence-electron chi connectivity index (χ2n) is 6.29. The quantitative estimate of drug-likeness (QED) is 0.782. The predicted molar refractivity (Wildman–Crippen MR) is 66.0 cm³/mol. The summed E-state index contributed by atoms with van der Waals surface area (Å²) >= 11 is 0. The fourth-order valence-corrected chi connectivity index (χ4v) is 3.50. The van der Waals surface area contributed by atoms with E-state index in [9.17, 15) is 8.78 Å². The highest BCUT2D eigenvalue weighted by atomic mass is 19.3. The molecule has 0 radical (unpaired) electrons. The Morgan fingerprint density at radius 2 is 1.41 bits per heavy atom. The summed E-state index contributed by atoms with van der Waals surface area (Å²) in [6.45, 7) is 2.29. The van der Waals surface area contributed by atoms with Gasteiger partial charge in [-0.25, -0.2) is 8.78 Å². The Labute approximate surface area is 103 Å². The molecule has 2 fully saturated rings. The van der Waals surface area contributed by atoms with Gasteiger partial charge >= 0.3 is 0 Å². The molecule has 1 nitrogen and oxygen atoms in total. The Kier molecular flexibility index (Phi) is 4.06. The Morgan fingerprint density at radius 3 is 1.94 bits per heavy atom. The molecule has 1 unspecified atom stereocenters. The molecule has 2 aliphatic rings. The van der Waals surface area contributed by atoms with E-state index in [1.54, 1.807) is 0 Å². The van der Waals surface area contributed by atoms with Crippen molar-refractivity contribution in [3.05, 3.63) is 0 Å². The van der Waals surface area contributed by atoms with Crippen LogP contribution in [0.1, 0.15) is 58.3 Å². The zero-order chi connectivity index (χ0) is 12.5. The third kappa shape index (κ3) is 3.40. The lowest BCUT2D eigenvalue weighted by molar-refractivity contribution is -0.0510. The van der Waals surface area contributed by atoms with Crippen LogP contribution in [-0.2, 0) is 0 Å². The van der Waals surface area contributed by atoms with E-state index in [4.69, 9.17) is 5.73 Å². The summed E-state index contributed by atoms with van der Waals surface area (Å²) in [5, 5.41) is 0. The van der Waals surface area contributed by atoms with Crippen LogP contribution < -0.4 is 5.73 Å². The van der Waals surface area contributed by atoms with E-state index in [-0.39, 0.29) is 18.9 Å². The molecule has 0 heterocycles. The van der Waals surface area contributed by atoms with Crippen LogP contribution >= 0.6 is 0 Å². The highest BCUT2D eigenvalue weighted by Crippen LogP contribution is 2.40. The monoisotopic (exact) mass is 245 g/mol. The lowest BCUT2D eigenvalue weighted by Gasteiger charge is -2.38. The molecule has 0 amide bonds. The van der Waals surface area contributed by atoms with E-state index >= 15 is 0 Å². The molecule has 2 rings (SSSR count). The number of halogens is 2. The molecule has 2 aliphatic carbocycles. The van der Waals surface area contributed by atoms with Gasteiger partial charge < -0.3 is 5.73 Å². The molecule has 17 heavy (non-hydrogen) atoms. The zero-order valence-corrected chi connectivity index (χ0v) is 10.8. The van der Waals surface area contributed by atoms with Gasteiger partial charge in [0.1, 0.15) is 0 Å². The standard InChI is InChI=1S/C14H25F2N/c1-10-2-4-11(5-3-10)13(17)12-6-8-14(15,16)9-7-12/h10-13H,2-9,17H2,1H3. The highest BCUT2D eigenvalue weighted by molar-refractivity contribution is 4.88. The topological polar surface area (TPSA) is 26.0 Å². The maximum atomic E-state index is 13.1. The van der Waals surface area contributed by atoms with Gasteiger partial charge in [-0.3, -0.25) is 0 Å². The summed E-state index contributed by atoms with van der Waals surface area (Å²) in [7, 11) is 0. The SMILES string of the molecule is CC1CCC(C(N)C2CCC(F)(F)CC2)CC1. The second-order valence-corrected chi connectivity index (χ2v) is 6.29. The molecule has 100 valence electrons. The van der Waals surface area contributed by atoms with Crippen molar-refractivity contribution in [3.63, 3.8) is 0 Å². The molecule has 0 aromatic rings. The van der Waals surface area contributed by atoms with Gasteiger partial charge in [0, 0.05) is 18.9 Å². The summed E-state index contributed by atoms with van der Waals surface area (Å²) < 4.78 is 26.2. The molecular formula is C14H25F2N. The normalized spacial score (nSPS) is 36.7. The van der Waals surface area contributed by atoms with E-state index in [1.807, 2.05) is 0 Å². The van der Waals surface area contributed by atoms with E-state index in [0.29, 0.717) is 24.7 Å². The van der Waals surface area contributed by atoms with Crippen molar-refractivity contribution >= 4 is 0 Å². The van der Waals surface area contributed by atoms with Crippen molar-refractivity contribution in [1.82, 2.24) is 0 Å². The number of alkyl halides is 2. The summed E-state index contributed by atoms with van der Waals surface area (Å²) in [5.74, 6) is -0.665. The Balaban J connectivity index is 1.82. The van der Waals surface area contributed by atoms with Crippen molar-refractivity contribution in [2.24, 2.45) is 23.5 Å². The molecule has 0 aromatic heterocycles. The van der Waals surface area contributed by atoms with Crippen LogP contribution in [-0.4, -0.2) is 12.0 Å². The molecule has 2 saturated carbocycles. The highest BCUT2D eigenvalue weighted by Gasteiger charge is 2.38. The van der Waals surface area contributed by atoms with Crippen LogP contribution in [0.5, 0.6) is 0 Å². The van der Waals surface area contributed by atoms with Gasteiger partial charge in [-0.1, -0.05) is 19.8 Å². The molecule has 0 saturated heterocycles. The fourth-order valence-electron chi connectivity index (χ4n) is 3.50. The molecule has 2 N–H and O–H groups in total. The number of nitrogens with two attached hydrogens (primary N) is 1. The zero-order valence-electron chi connectivity index (χ0n) is 10.8. The summed E-state index contributed by atoms with van der Waals surface area (Å²) in [6.07, 6.45) is 6.29. The first-order valence-electron chi connectivity index (χ1n) is 7.11. The van der Waals surface area contributed by atoms with Gasteiger partial charge in [-0.15, -0.1) is 0 Å². The van der Waals surface area contributed by atoms with Crippen LogP contribution in [0, 0.1) is 17.8 Å². The number of rotatable bonds is 2. The van der Waals surface area contributed by atoms with E-state index in [0.717, 1.165) is 5.92 Å². The van der Waals surface area contributed by atoms with Crippen LogP contribution in [0.3, 0.4) is 0 Å². The van der Waals surface area contributed by atoms with Crippen LogP contribution in [0.15, 0.2) is 0 Å². The first-order valence-corrected chi connectivity index (χ1v) is 7.11. The van der Waals surface area contributed by atoms with Gasteiger partial charge in [-0.05, 0) is 43.4 Å². The smallest absolute Gasteiger partial charge is 0.248 e. The average molecular weight is 245 g/mol. The van der Waals surface area contributed by atoms with Gasteiger partial charge in [0.2, 0.25) is 5.92 Å². The Hall–Kier alpha value is -0.180. The minimum atomic E-state index is -2.42. The molecule has 0 spiro atoms. The average Bonchev–Trinajstić information content (AvgIpc) is 2.29. The Morgan fingerprint density at radius 1 is 0.941 bits per heavy atom. The summed E-state index contributed by atoms with van der Waals surface area (Å²) in [4.78, 5) is 0. The number of hydrogen-bond donors (Lipinski definition) is 1. The van der Waals surface area contributed by atoms with E-state index < -0.39 is 5.92 Å². The van der Waals surface area contributed by atoms with Gasteiger partial charge in [0.25, 0.3) is 0 Å². The minimum absolute atomic E-state index is 0.0501. The second kappa shape index (κ2) is 5.21. The molecular weight excluding hydrogens is 220 g/mol. The fraction of sp³-hybridized carbons (Fsp3) is 1.00. The first-order chi connectivity index (χ1) is 7.98. The van der Waals surface area contributed by atoms with Crippen LogP contribution in [0.2, 0.25) is 0 Å². The van der Waals surface area contributed by atoms with Gasteiger partial charge in [0.15, 0.2) is 0 Å². The van der Waals surface area contributed by atoms with E-state index in [1.165, 1.54) is 25.7 Å². The maximum Gasteiger partial charge on any atom is 0.248 e. The molecule has 0 bridgehead atoms. The van der Waals surface area contributed by atoms with Crippen LogP contribution in [0.25, 0.3) is 0 Å². The summed E-state index contributed by atoms with van der Waals surface area (Å²) in [5.41, 5.74) is 6.31. The molecule has 3 heteroatoms. The number of hydrogen-bond acceptors (Lipinski definition) is 1.